The van der Waals surface area contributed by atoms with E-state index in [4.69, 9.17) is 11.6 Å². The maximum atomic E-state index is 5.95. The Bertz CT molecular complexity index is 324. The molecule has 1 aliphatic rings. The minimum Gasteiger partial charge on any atom is -0.310 e. The molecule has 4 heteroatoms. The lowest BCUT2D eigenvalue weighted by atomic mass is 9.99. The van der Waals surface area contributed by atoms with Gasteiger partial charge in [0.05, 0.1) is 4.47 Å². The van der Waals surface area contributed by atoms with Gasteiger partial charge >= 0.3 is 0 Å². The van der Waals surface area contributed by atoms with E-state index in [9.17, 15) is 0 Å². The van der Waals surface area contributed by atoms with Crippen LogP contribution in [-0.4, -0.2) is 11.5 Å². The van der Waals surface area contributed by atoms with Gasteiger partial charge in [0, 0.05) is 12.2 Å². The van der Waals surface area contributed by atoms with Crippen LogP contribution in [-0.2, 0) is 0 Å². The summed E-state index contributed by atoms with van der Waals surface area (Å²) in [6, 6.07) is 2.46. The molecule has 1 aromatic rings. The third kappa shape index (κ3) is 2.10. The number of nitrogens with one attached hydrogen (secondary N) is 1. The summed E-state index contributed by atoms with van der Waals surface area (Å²) >= 11 is 9.43. The number of hydrogen-bond acceptors (Lipinski definition) is 2. The first kappa shape index (κ1) is 10.4. The Morgan fingerprint density at radius 3 is 3.07 bits per heavy atom. The van der Waals surface area contributed by atoms with E-state index in [1.165, 1.54) is 24.8 Å². The first-order chi connectivity index (χ1) is 6.79. The number of hydrogen-bond donors (Lipinski definition) is 1. The van der Waals surface area contributed by atoms with Gasteiger partial charge in [0.25, 0.3) is 0 Å². The molecule has 2 nitrogen and oxygen atoms in total. The van der Waals surface area contributed by atoms with Crippen molar-refractivity contribution < 1.29 is 0 Å². The monoisotopic (exact) mass is 274 g/mol. The zero-order valence-electron chi connectivity index (χ0n) is 7.76. The minimum atomic E-state index is 0.429. The van der Waals surface area contributed by atoms with Gasteiger partial charge in [-0.05, 0) is 46.9 Å². The van der Waals surface area contributed by atoms with E-state index < -0.39 is 0 Å². The van der Waals surface area contributed by atoms with Crippen LogP contribution in [0.4, 0.5) is 0 Å². The molecular formula is C10H12BrClN2. The highest BCUT2D eigenvalue weighted by Crippen LogP contribution is 2.32. The zero-order chi connectivity index (χ0) is 9.97. The summed E-state index contributed by atoms with van der Waals surface area (Å²) in [7, 11) is 0. The second-order valence-electron chi connectivity index (χ2n) is 3.51. The van der Waals surface area contributed by atoms with Crippen LogP contribution in [0.25, 0.3) is 0 Å². The van der Waals surface area contributed by atoms with Crippen LogP contribution in [0.5, 0.6) is 0 Å². The molecular weight excluding hydrogens is 263 g/mol. The first-order valence-corrected chi connectivity index (χ1v) is 5.99. The highest BCUT2D eigenvalue weighted by atomic mass is 79.9. The van der Waals surface area contributed by atoms with Crippen LogP contribution in [0, 0.1) is 0 Å². The summed E-state index contributed by atoms with van der Waals surface area (Å²) < 4.78 is 0.932. The van der Waals surface area contributed by atoms with Gasteiger partial charge in [0.2, 0.25) is 0 Å². The van der Waals surface area contributed by atoms with Crippen LogP contribution in [0.2, 0.25) is 5.15 Å². The van der Waals surface area contributed by atoms with Crippen molar-refractivity contribution in [3.63, 3.8) is 0 Å². The Balaban J connectivity index is 2.26. The third-order valence-corrected chi connectivity index (χ3v) is 3.91. The Labute approximate surface area is 97.2 Å². The van der Waals surface area contributed by atoms with Crippen molar-refractivity contribution in [1.82, 2.24) is 10.3 Å². The third-order valence-electron chi connectivity index (χ3n) is 2.56. The summed E-state index contributed by atoms with van der Waals surface area (Å²) in [5, 5.41) is 4.04. The van der Waals surface area contributed by atoms with Gasteiger partial charge in [-0.1, -0.05) is 18.0 Å². The van der Waals surface area contributed by atoms with E-state index in [1.54, 1.807) is 6.20 Å². The van der Waals surface area contributed by atoms with Crippen LogP contribution < -0.4 is 5.32 Å². The van der Waals surface area contributed by atoms with E-state index in [2.05, 4.69) is 26.2 Å². The normalized spacial score (nSPS) is 22.3. The first-order valence-electron chi connectivity index (χ1n) is 4.82. The van der Waals surface area contributed by atoms with Crippen molar-refractivity contribution in [2.75, 3.05) is 6.54 Å². The fraction of sp³-hybridized carbons (Fsp3) is 0.500. The second kappa shape index (κ2) is 4.60. The highest BCUT2D eigenvalue weighted by molar-refractivity contribution is 9.10. The molecule has 0 bridgehead atoms. The number of nitrogens with zero attached hydrogens (tertiary/aromatic N) is 1. The Morgan fingerprint density at radius 2 is 2.36 bits per heavy atom. The molecule has 0 unspecified atom stereocenters. The zero-order valence-corrected chi connectivity index (χ0v) is 10.1. The molecule has 1 aliphatic heterocycles. The molecule has 2 heterocycles. The average molecular weight is 276 g/mol. The lowest BCUT2D eigenvalue weighted by Gasteiger charge is -2.24. The predicted molar refractivity (Wildman–Crippen MR) is 61.5 cm³/mol. The molecule has 0 aliphatic carbocycles. The second-order valence-corrected chi connectivity index (χ2v) is 4.66. The molecule has 2 rings (SSSR count). The Kier molecular flexibility index (Phi) is 3.42. The number of pyridine rings is 1. The highest BCUT2D eigenvalue weighted by Gasteiger charge is 2.18. The fourth-order valence-corrected chi connectivity index (χ4v) is 2.49. The van der Waals surface area contributed by atoms with Crippen LogP contribution in [0.1, 0.15) is 30.9 Å². The number of rotatable bonds is 1. The summed E-state index contributed by atoms with van der Waals surface area (Å²) in [6.45, 7) is 1.09. The molecule has 1 fully saturated rings. The van der Waals surface area contributed by atoms with Gasteiger partial charge in [0.1, 0.15) is 5.15 Å². The average Bonchev–Trinajstić information content (AvgIpc) is 2.23. The van der Waals surface area contributed by atoms with E-state index in [0.717, 1.165) is 11.0 Å². The molecule has 0 aromatic carbocycles. The van der Waals surface area contributed by atoms with Crippen molar-refractivity contribution in [1.29, 1.82) is 0 Å². The lowest BCUT2D eigenvalue weighted by Crippen LogP contribution is -2.27. The maximum Gasteiger partial charge on any atom is 0.143 e. The van der Waals surface area contributed by atoms with Crippen molar-refractivity contribution >= 4 is 27.5 Å². The smallest absolute Gasteiger partial charge is 0.143 e. The summed E-state index contributed by atoms with van der Waals surface area (Å²) in [5.74, 6) is 0. The summed E-state index contributed by atoms with van der Waals surface area (Å²) in [4.78, 5) is 4.02. The number of piperidine rings is 1. The van der Waals surface area contributed by atoms with Gasteiger partial charge in [-0.2, -0.15) is 0 Å². The van der Waals surface area contributed by atoms with Gasteiger partial charge in [-0.3, -0.25) is 0 Å². The van der Waals surface area contributed by atoms with Gasteiger partial charge < -0.3 is 5.32 Å². The van der Waals surface area contributed by atoms with Crippen LogP contribution >= 0.6 is 27.5 Å². The number of aromatic nitrogens is 1. The summed E-state index contributed by atoms with van der Waals surface area (Å²) in [6.07, 6.45) is 5.49. The van der Waals surface area contributed by atoms with Crippen molar-refractivity contribution in [2.24, 2.45) is 0 Å². The molecule has 1 N–H and O–H groups in total. The molecule has 1 aromatic heterocycles. The van der Waals surface area contributed by atoms with Gasteiger partial charge in [-0.15, -0.1) is 0 Å². The standard InChI is InChI=1S/C10H12BrClN2/c11-9-7(4-6-14-10(9)12)8-3-1-2-5-13-8/h4,6,8,13H,1-3,5H2/t8-/m1/s1. The Hall–Kier alpha value is -0.120. The van der Waals surface area contributed by atoms with E-state index in [1.807, 2.05) is 6.07 Å². The van der Waals surface area contributed by atoms with Crippen molar-refractivity contribution in [3.8, 4) is 0 Å². The summed E-state index contributed by atoms with van der Waals surface area (Å²) in [5.41, 5.74) is 1.23. The molecule has 0 radical (unpaired) electrons. The van der Waals surface area contributed by atoms with Crippen LogP contribution in [0.15, 0.2) is 16.7 Å². The van der Waals surface area contributed by atoms with E-state index >= 15 is 0 Å². The van der Waals surface area contributed by atoms with Gasteiger partial charge in [0.15, 0.2) is 0 Å². The molecule has 0 spiro atoms. The van der Waals surface area contributed by atoms with Crippen LogP contribution in [0.3, 0.4) is 0 Å². The number of halogens is 2. The molecule has 0 amide bonds. The Morgan fingerprint density at radius 1 is 1.50 bits per heavy atom. The maximum absolute atomic E-state index is 5.95. The molecule has 1 atom stereocenters. The molecule has 1 saturated heterocycles. The predicted octanol–water partition coefficient (Wildman–Crippen LogP) is 3.31. The minimum absolute atomic E-state index is 0.429. The SMILES string of the molecule is Clc1nccc([C@H]2CCCCN2)c1Br. The molecule has 14 heavy (non-hydrogen) atoms. The molecule has 76 valence electrons. The van der Waals surface area contributed by atoms with Gasteiger partial charge in [-0.25, -0.2) is 4.98 Å². The quantitative estimate of drug-likeness (QED) is 0.796. The lowest BCUT2D eigenvalue weighted by molar-refractivity contribution is 0.411. The fourth-order valence-electron chi connectivity index (χ4n) is 1.82. The van der Waals surface area contributed by atoms with E-state index in [-0.39, 0.29) is 0 Å². The molecule has 0 saturated carbocycles. The topological polar surface area (TPSA) is 24.9 Å². The largest absolute Gasteiger partial charge is 0.310 e. The van der Waals surface area contributed by atoms with E-state index in [0.29, 0.717) is 11.2 Å². The van der Waals surface area contributed by atoms with Crippen molar-refractivity contribution in [2.45, 2.75) is 25.3 Å². The van der Waals surface area contributed by atoms with Crippen molar-refractivity contribution in [3.05, 3.63) is 27.5 Å².